The third-order valence-corrected chi connectivity index (χ3v) is 7.09. The summed E-state index contributed by atoms with van der Waals surface area (Å²) in [6, 6.07) is 8.72. The molecular weight excluding hydrogens is 432 g/mol. The van der Waals surface area contributed by atoms with Gasteiger partial charge >= 0.3 is 6.03 Å². The van der Waals surface area contributed by atoms with Crippen molar-refractivity contribution in [1.82, 2.24) is 20.2 Å². The topological polar surface area (TPSA) is 93.1 Å². The maximum absolute atomic E-state index is 13.6. The molecule has 0 fully saturated rings. The van der Waals surface area contributed by atoms with Crippen LogP contribution >= 0.6 is 23.1 Å². The first-order chi connectivity index (χ1) is 15.1. The van der Waals surface area contributed by atoms with Gasteiger partial charge in [-0.3, -0.25) is 19.5 Å². The van der Waals surface area contributed by atoms with E-state index in [1.807, 2.05) is 30.3 Å². The van der Waals surface area contributed by atoms with E-state index in [1.54, 1.807) is 15.9 Å². The van der Waals surface area contributed by atoms with Crippen molar-refractivity contribution in [3.8, 4) is 5.69 Å². The molecule has 0 spiro atoms. The van der Waals surface area contributed by atoms with Gasteiger partial charge in [-0.25, -0.2) is 9.78 Å². The predicted molar refractivity (Wildman–Crippen MR) is 124 cm³/mol. The highest BCUT2D eigenvalue weighted by atomic mass is 32.2. The molecule has 1 aliphatic carbocycles. The summed E-state index contributed by atoms with van der Waals surface area (Å²) in [7, 11) is 0. The number of carbonyl (C=O) groups is 2. The standard InChI is InChI=1S/C22H22N4O3S2/c1-2-12-23-21(29)24-17(27)13-30-22-25-19-18(15-10-6-7-11-16(15)31-19)20(28)26(22)14-8-4-3-5-9-14/h2-5,8-9H,1,6-7,10-13H2,(H2,23,24,27,29). The second kappa shape index (κ2) is 9.49. The molecule has 160 valence electrons. The molecule has 0 atom stereocenters. The molecule has 7 nitrogen and oxygen atoms in total. The summed E-state index contributed by atoms with van der Waals surface area (Å²) in [5.41, 5.74) is 1.72. The van der Waals surface area contributed by atoms with Crippen LogP contribution in [0.3, 0.4) is 0 Å². The van der Waals surface area contributed by atoms with Gasteiger partial charge in [-0.05, 0) is 43.4 Å². The highest BCUT2D eigenvalue weighted by Crippen LogP contribution is 2.35. The lowest BCUT2D eigenvalue weighted by Crippen LogP contribution is -2.40. The van der Waals surface area contributed by atoms with Crippen molar-refractivity contribution in [2.24, 2.45) is 0 Å². The Morgan fingerprint density at radius 1 is 1.23 bits per heavy atom. The minimum atomic E-state index is -0.583. The third-order valence-electron chi connectivity index (χ3n) is 4.96. The molecule has 0 radical (unpaired) electrons. The molecule has 1 aromatic carbocycles. The highest BCUT2D eigenvalue weighted by Gasteiger charge is 2.23. The molecule has 0 aliphatic heterocycles. The number of benzene rings is 1. The van der Waals surface area contributed by atoms with Crippen molar-refractivity contribution in [3.05, 3.63) is 63.8 Å². The van der Waals surface area contributed by atoms with Gasteiger partial charge in [0, 0.05) is 11.4 Å². The molecule has 0 saturated heterocycles. The summed E-state index contributed by atoms with van der Waals surface area (Å²) in [5, 5.41) is 5.89. The minimum Gasteiger partial charge on any atom is -0.334 e. The Morgan fingerprint density at radius 2 is 2.00 bits per heavy atom. The summed E-state index contributed by atoms with van der Waals surface area (Å²) < 4.78 is 1.57. The first-order valence-corrected chi connectivity index (χ1v) is 11.8. The lowest BCUT2D eigenvalue weighted by atomic mass is 9.97. The Hall–Kier alpha value is -2.91. The van der Waals surface area contributed by atoms with Crippen LogP contribution in [0.2, 0.25) is 0 Å². The summed E-state index contributed by atoms with van der Waals surface area (Å²) in [6.07, 6.45) is 5.61. The molecule has 3 aromatic rings. The quantitative estimate of drug-likeness (QED) is 0.338. The number of hydrogen-bond acceptors (Lipinski definition) is 6. The zero-order valence-corrected chi connectivity index (χ0v) is 18.5. The number of para-hydroxylation sites is 1. The number of nitrogens with one attached hydrogen (secondary N) is 2. The van der Waals surface area contributed by atoms with Crippen molar-refractivity contribution in [1.29, 1.82) is 0 Å². The smallest absolute Gasteiger partial charge is 0.321 e. The zero-order chi connectivity index (χ0) is 21.8. The predicted octanol–water partition coefficient (Wildman–Crippen LogP) is 3.43. The van der Waals surface area contributed by atoms with E-state index in [9.17, 15) is 14.4 Å². The minimum absolute atomic E-state index is 0.0443. The lowest BCUT2D eigenvalue weighted by Gasteiger charge is -2.13. The normalized spacial score (nSPS) is 12.9. The number of thioether (sulfide) groups is 1. The number of imide groups is 1. The van der Waals surface area contributed by atoms with Crippen molar-refractivity contribution in [3.63, 3.8) is 0 Å². The van der Waals surface area contributed by atoms with Crippen LogP contribution < -0.4 is 16.2 Å². The Morgan fingerprint density at radius 3 is 2.77 bits per heavy atom. The maximum atomic E-state index is 13.6. The van der Waals surface area contributed by atoms with E-state index in [-0.39, 0.29) is 17.9 Å². The summed E-state index contributed by atoms with van der Waals surface area (Å²) >= 11 is 2.71. The Balaban J connectivity index is 1.69. The van der Waals surface area contributed by atoms with Gasteiger partial charge in [-0.2, -0.15) is 0 Å². The van der Waals surface area contributed by atoms with E-state index < -0.39 is 11.9 Å². The summed E-state index contributed by atoms with van der Waals surface area (Å²) in [5.74, 6) is -0.511. The van der Waals surface area contributed by atoms with Crippen LogP contribution in [0.1, 0.15) is 23.3 Å². The number of rotatable bonds is 6. The van der Waals surface area contributed by atoms with E-state index >= 15 is 0 Å². The molecule has 2 N–H and O–H groups in total. The van der Waals surface area contributed by atoms with E-state index in [4.69, 9.17) is 4.98 Å². The molecule has 2 aromatic heterocycles. The Bertz CT molecular complexity index is 1200. The van der Waals surface area contributed by atoms with Crippen molar-refractivity contribution in [2.75, 3.05) is 12.3 Å². The Kier molecular flexibility index (Phi) is 6.53. The number of aryl methyl sites for hydroxylation is 2. The maximum Gasteiger partial charge on any atom is 0.321 e. The fraction of sp³-hybridized carbons (Fsp3) is 0.273. The average molecular weight is 455 g/mol. The SMILES string of the molecule is C=CCNC(=O)NC(=O)CSc1nc2sc3c(c2c(=O)n1-c1ccccc1)CCCC3. The third kappa shape index (κ3) is 4.57. The van der Waals surface area contributed by atoms with Crippen LogP contribution in [0.15, 0.2) is 52.9 Å². The van der Waals surface area contributed by atoms with Gasteiger partial charge in [0.1, 0.15) is 4.83 Å². The highest BCUT2D eigenvalue weighted by molar-refractivity contribution is 7.99. The number of carbonyl (C=O) groups excluding carboxylic acids is 2. The summed E-state index contributed by atoms with van der Waals surface area (Å²) in [6.45, 7) is 3.78. The second-order valence-corrected chi connectivity index (χ2v) is 9.12. The average Bonchev–Trinajstić information content (AvgIpc) is 3.15. The molecule has 3 amide bonds. The molecular formula is C22H22N4O3S2. The number of nitrogens with zero attached hydrogens (tertiary/aromatic N) is 2. The number of fused-ring (bicyclic) bond motifs is 3. The van der Waals surface area contributed by atoms with Crippen LogP contribution in [0, 0.1) is 0 Å². The zero-order valence-electron chi connectivity index (χ0n) is 16.8. The van der Waals surface area contributed by atoms with Crippen molar-refractivity contribution in [2.45, 2.75) is 30.8 Å². The van der Waals surface area contributed by atoms with E-state index in [0.717, 1.165) is 47.8 Å². The number of hydrogen-bond donors (Lipinski definition) is 2. The molecule has 1 aliphatic rings. The van der Waals surface area contributed by atoms with E-state index in [1.165, 1.54) is 11.0 Å². The van der Waals surface area contributed by atoms with Gasteiger partial charge in [0.25, 0.3) is 5.56 Å². The molecule has 31 heavy (non-hydrogen) atoms. The second-order valence-electron chi connectivity index (χ2n) is 7.10. The first-order valence-electron chi connectivity index (χ1n) is 10.0. The van der Waals surface area contributed by atoms with Crippen LogP contribution in [0.25, 0.3) is 15.9 Å². The lowest BCUT2D eigenvalue weighted by molar-refractivity contribution is -0.117. The van der Waals surface area contributed by atoms with Gasteiger partial charge in [-0.1, -0.05) is 36.0 Å². The molecule has 0 bridgehead atoms. The number of aromatic nitrogens is 2. The molecule has 4 rings (SSSR count). The van der Waals surface area contributed by atoms with Crippen LogP contribution in [0.5, 0.6) is 0 Å². The fourth-order valence-corrected chi connectivity index (χ4v) is 5.70. The molecule has 9 heteroatoms. The molecule has 2 heterocycles. The van der Waals surface area contributed by atoms with Gasteiger partial charge < -0.3 is 5.32 Å². The van der Waals surface area contributed by atoms with Crippen molar-refractivity contribution < 1.29 is 9.59 Å². The fourth-order valence-electron chi connectivity index (χ4n) is 3.59. The van der Waals surface area contributed by atoms with E-state index in [0.29, 0.717) is 16.2 Å². The number of amides is 3. The molecule has 0 unspecified atom stereocenters. The van der Waals surface area contributed by atoms with Gasteiger partial charge in [0.15, 0.2) is 5.16 Å². The first kappa shape index (κ1) is 21.3. The number of urea groups is 1. The van der Waals surface area contributed by atoms with Crippen LogP contribution in [-0.2, 0) is 17.6 Å². The summed E-state index contributed by atoms with van der Waals surface area (Å²) in [4.78, 5) is 44.2. The largest absolute Gasteiger partial charge is 0.334 e. The van der Waals surface area contributed by atoms with Gasteiger partial charge in [0.05, 0.1) is 16.8 Å². The van der Waals surface area contributed by atoms with Crippen LogP contribution in [-0.4, -0.2) is 33.8 Å². The van der Waals surface area contributed by atoms with Gasteiger partial charge in [-0.15, -0.1) is 17.9 Å². The number of thiophene rings is 1. The van der Waals surface area contributed by atoms with Crippen molar-refractivity contribution >= 4 is 45.3 Å². The monoisotopic (exact) mass is 454 g/mol. The van der Waals surface area contributed by atoms with Gasteiger partial charge in [0.2, 0.25) is 5.91 Å². The Labute approximate surface area is 187 Å². The molecule has 0 saturated carbocycles. The van der Waals surface area contributed by atoms with E-state index in [2.05, 4.69) is 17.2 Å². The van der Waals surface area contributed by atoms with Crippen LogP contribution in [0.4, 0.5) is 4.79 Å².